The molecule has 10 heteroatoms. The van der Waals surface area contributed by atoms with Crippen LogP contribution in [-0.2, 0) is 25.5 Å². The molecule has 0 unspecified atom stereocenters. The Morgan fingerprint density at radius 1 is 1.35 bits per heavy atom. The van der Waals surface area contributed by atoms with E-state index >= 15 is 0 Å². The summed E-state index contributed by atoms with van der Waals surface area (Å²) < 4.78 is 16.6. The molecule has 2 aromatic heterocycles. The van der Waals surface area contributed by atoms with Crippen molar-refractivity contribution in [2.45, 2.75) is 18.8 Å². The number of methoxy groups -OCH3 is 2. The maximum absolute atomic E-state index is 11.7. The lowest BCUT2D eigenvalue weighted by Gasteiger charge is -2.23. The monoisotopic (exact) mass is 340 g/mol. The van der Waals surface area contributed by atoms with E-state index in [1.807, 2.05) is 0 Å². The van der Waals surface area contributed by atoms with Crippen molar-refractivity contribution in [3.8, 4) is 0 Å². The van der Waals surface area contributed by atoms with Crippen molar-refractivity contribution >= 4 is 28.7 Å². The van der Waals surface area contributed by atoms with Gasteiger partial charge in [-0.2, -0.15) is 0 Å². The van der Waals surface area contributed by atoms with Crippen LogP contribution >= 0.6 is 11.6 Å². The molecular formula is C13H13ClN4O5. The van der Waals surface area contributed by atoms with Gasteiger partial charge < -0.3 is 23.9 Å². The van der Waals surface area contributed by atoms with Gasteiger partial charge in [-0.3, -0.25) is 0 Å². The third-order valence-electron chi connectivity index (χ3n) is 3.46. The van der Waals surface area contributed by atoms with E-state index in [0.717, 1.165) is 0 Å². The van der Waals surface area contributed by atoms with E-state index < -0.39 is 11.8 Å². The van der Waals surface area contributed by atoms with Crippen molar-refractivity contribution in [3.05, 3.63) is 29.3 Å². The molecule has 1 aliphatic rings. The van der Waals surface area contributed by atoms with Crippen LogP contribution in [0.4, 0.5) is 0 Å². The molecule has 0 amide bonds. The van der Waals surface area contributed by atoms with Gasteiger partial charge in [0.25, 0.3) is 5.79 Å². The second kappa shape index (κ2) is 5.67. The maximum atomic E-state index is 11.7. The number of rotatable bonds is 5. The zero-order chi connectivity index (χ0) is 16.6. The second-order valence-electron chi connectivity index (χ2n) is 4.77. The number of aromatic nitrogens is 4. The highest BCUT2D eigenvalue weighted by atomic mass is 35.5. The number of ether oxygens (including phenoxy) is 3. The Morgan fingerprint density at radius 2 is 2.13 bits per heavy atom. The molecule has 0 spiro atoms. The minimum absolute atomic E-state index is 0.0157. The number of hydrogen-bond donors (Lipinski definition) is 1. The van der Waals surface area contributed by atoms with Crippen molar-refractivity contribution in [2.75, 3.05) is 14.2 Å². The van der Waals surface area contributed by atoms with Crippen molar-refractivity contribution < 1.29 is 24.1 Å². The number of esters is 1. The molecule has 0 aliphatic carbocycles. The van der Waals surface area contributed by atoms with E-state index in [0.29, 0.717) is 11.2 Å². The Labute approximate surface area is 135 Å². The zero-order valence-electron chi connectivity index (χ0n) is 12.3. The van der Waals surface area contributed by atoms with Crippen LogP contribution in [0.3, 0.4) is 0 Å². The topological polar surface area (TPSA) is 109 Å². The number of cyclic esters (lactones) is 1. The molecule has 0 radical (unpaired) electrons. The van der Waals surface area contributed by atoms with E-state index in [4.69, 9.17) is 25.8 Å². The number of carbonyl (C=O) groups excluding carboxylic acids is 1. The van der Waals surface area contributed by atoms with Crippen LogP contribution < -0.4 is 0 Å². The van der Waals surface area contributed by atoms with Crippen molar-refractivity contribution in [1.29, 1.82) is 0 Å². The molecule has 3 heterocycles. The average molecular weight is 341 g/mol. The Bertz CT molecular complexity index is 805. The minimum atomic E-state index is -1.91. The number of hydrogen-bond acceptors (Lipinski definition) is 8. The molecule has 0 aromatic carbocycles. The van der Waals surface area contributed by atoms with Crippen molar-refractivity contribution in [1.82, 2.24) is 19.5 Å². The standard InChI is InChI=1S/C13H13ClN4O5/c1-21-8-9(22-2)13(20,23-12(8)19)3-4-18-6-17-7-10(14)15-5-16-11(7)18/h5-6,20H,3-4H2,1-2H3/t13-/m0/s1. The average Bonchev–Trinajstić information content (AvgIpc) is 3.04. The molecule has 1 aliphatic heterocycles. The largest absolute Gasteiger partial charge is 0.491 e. The lowest BCUT2D eigenvalue weighted by Crippen LogP contribution is -2.34. The lowest BCUT2D eigenvalue weighted by molar-refractivity contribution is -0.194. The van der Waals surface area contributed by atoms with Gasteiger partial charge in [0.1, 0.15) is 11.8 Å². The maximum Gasteiger partial charge on any atom is 0.380 e. The van der Waals surface area contributed by atoms with Crippen LogP contribution in [-0.4, -0.2) is 50.6 Å². The van der Waals surface area contributed by atoms with Crippen LogP contribution in [0.2, 0.25) is 5.15 Å². The fraction of sp³-hybridized carbons (Fsp3) is 0.385. The first-order chi connectivity index (χ1) is 11.0. The smallest absolute Gasteiger partial charge is 0.380 e. The number of fused-ring (bicyclic) bond motifs is 1. The molecule has 0 saturated carbocycles. The fourth-order valence-corrected chi connectivity index (χ4v) is 2.57. The Balaban J connectivity index is 1.86. The third-order valence-corrected chi connectivity index (χ3v) is 3.74. The number of nitrogens with zero attached hydrogens (tertiary/aromatic N) is 4. The number of carbonyl (C=O) groups is 1. The summed E-state index contributed by atoms with van der Waals surface area (Å²) >= 11 is 5.94. The lowest BCUT2D eigenvalue weighted by atomic mass is 10.1. The minimum Gasteiger partial charge on any atom is -0.491 e. The number of halogens is 1. The number of imidazole rings is 1. The first-order valence-electron chi connectivity index (χ1n) is 6.60. The van der Waals surface area contributed by atoms with Gasteiger partial charge in [-0.25, -0.2) is 19.7 Å². The van der Waals surface area contributed by atoms with E-state index in [1.165, 1.54) is 26.9 Å². The normalized spacial score (nSPS) is 21.0. The Kier molecular flexibility index (Phi) is 3.82. The summed E-state index contributed by atoms with van der Waals surface area (Å²) in [6.07, 6.45) is 2.84. The molecule has 0 bridgehead atoms. The van der Waals surface area contributed by atoms with Gasteiger partial charge in [0.05, 0.1) is 20.5 Å². The summed E-state index contributed by atoms with van der Waals surface area (Å²) in [6.45, 7) is 0.247. The van der Waals surface area contributed by atoms with E-state index in [1.54, 1.807) is 4.57 Å². The molecule has 1 N–H and O–H groups in total. The fourth-order valence-electron chi connectivity index (χ4n) is 2.40. The number of aliphatic hydroxyl groups is 1. The van der Waals surface area contributed by atoms with E-state index in [2.05, 4.69) is 15.0 Å². The summed E-state index contributed by atoms with van der Waals surface area (Å²) in [5.41, 5.74) is 0.956. The Morgan fingerprint density at radius 3 is 2.83 bits per heavy atom. The summed E-state index contributed by atoms with van der Waals surface area (Å²) in [5.74, 6) is -2.92. The predicted molar refractivity (Wildman–Crippen MR) is 77.0 cm³/mol. The highest BCUT2D eigenvalue weighted by Gasteiger charge is 2.49. The van der Waals surface area contributed by atoms with Gasteiger partial charge in [-0.05, 0) is 0 Å². The first kappa shape index (κ1) is 15.5. The SMILES string of the molecule is COC1=C(OC)[C@](O)(CCn2cnc3c(Cl)ncnc32)OC1=O. The van der Waals surface area contributed by atoms with Gasteiger partial charge in [-0.1, -0.05) is 11.6 Å². The van der Waals surface area contributed by atoms with Crippen LogP contribution in [0, 0.1) is 0 Å². The Hall–Kier alpha value is -2.39. The molecule has 1 atom stereocenters. The van der Waals surface area contributed by atoms with Crippen LogP contribution in [0.15, 0.2) is 24.2 Å². The van der Waals surface area contributed by atoms with Gasteiger partial charge in [-0.15, -0.1) is 0 Å². The summed E-state index contributed by atoms with van der Waals surface area (Å²) in [5, 5.41) is 10.8. The number of aryl methyl sites for hydroxylation is 1. The molecule has 0 fully saturated rings. The van der Waals surface area contributed by atoms with Gasteiger partial charge >= 0.3 is 5.97 Å². The summed E-state index contributed by atoms with van der Waals surface area (Å²) in [7, 11) is 2.62. The predicted octanol–water partition coefficient (Wildman–Crippen LogP) is 0.620. The first-order valence-corrected chi connectivity index (χ1v) is 6.97. The van der Waals surface area contributed by atoms with Crippen LogP contribution in [0.5, 0.6) is 0 Å². The van der Waals surface area contributed by atoms with E-state index in [-0.39, 0.29) is 29.6 Å². The molecule has 23 heavy (non-hydrogen) atoms. The molecule has 3 rings (SSSR count). The second-order valence-corrected chi connectivity index (χ2v) is 5.12. The van der Waals surface area contributed by atoms with Crippen LogP contribution in [0.1, 0.15) is 6.42 Å². The summed E-state index contributed by atoms with van der Waals surface area (Å²) in [4.78, 5) is 23.8. The molecule has 2 aromatic rings. The highest BCUT2D eigenvalue weighted by molar-refractivity contribution is 6.33. The third kappa shape index (κ3) is 2.47. The highest BCUT2D eigenvalue weighted by Crippen LogP contribution is 2.35. The van der Waals surface area contributed by atoms with Gasteiger partial charge in [0.2, 0.25) is 11.5 Å². The van der Waals surface area contributed by atoms with Gasteiger partial charge in [0.15, 0.2) is 10.8 Å². The van der Waals surface area contributed by atoms with Crippen molar-refractivity contribution in [3.63, 3.8) is 0 Å². The molecule has 9 nitrogen and oxygen atoms in total. The summed E-state index contributed by atoms with van der Waals surface area (Å²) in [6, 6.07) is 0. The van der Waals surface area contributed by atoms with Gasteiger partial charge in [0, 0.05) is 13.0 Å². The quantitative estimate of drug-likeness (QED) is 0.623. The van der Waals surface area contributed by atoms with Crippen LogP contribution in [0.25, 0.3) is 11.2 Å². The molecular weight excluding hydrogens is 328 g/mol. The molecule has 0 saturated heterocycles. The zero-order valence-corrected chi connectivity index (χ0v) is 13.1. The molecule has 122 valence electrons. The van der Waals surface area contributed by atoms with Crippen molar-refractivity contribution in [2.24, 2.45) is 0 Å². The van der Waals surface area contributed by atoms with E-state index in [9.17, 15) is 9.90 Å².